The van der Waals surface area contributed by atoms with E-state index in [4.69, 9.17) is 14.9 Å². The number of aromatic nitrogens is 2. The number of nitrogens with one attached hydrogen (secondary N) is 2. The number of rotatable bonds is 10. The summed E-state index contributed by atoms with van der Waals surface area (Å²) in [6, 6.07) is 25.3. The van der Waals surface area contributed by atoms with Crippen LogP contribution in [0.25, 0.3) is 10.9 Å². The molecule has 2 atom stereocenters. The maximum Gasteiger partial charge on any atom is 0.329 e. The normalized spacial score (nSPS) is 12.7. The summed E-state index contributed by atoms with van der Waals surface area (Å²) in [6.07, 6.45) is 3.92. The molecule has 0 spiro atoms. The largest absolute Gasteiger partial charge is 0.459 e. The van der Waals surface area contributed by atoms with Gasteiger partial charge in [-0.05, 0) is 29.2 Å². The van der Waals surface area contributed by atoms with Crippen molar-refractivity contribution in [3.05, 3.63) is 126 Å². The Labute approximate surface area is 219 Å². The number of H-pyrrole nitrogens is 1. The van der Waals surface area contributed by atoms with Crippen molar-refractivity contribution in [3.8, 4) is 0 Å². The van der Waals surface area contributed by atoms with Crippen LogP contribution in [0.15, 0.2) is 102 Å². The lowest BCUT2D eigenvalue weighted by atomic mass is 10.1. The topological polar surface area (TPSA) is 123 Å². The number of para-hydroxylation sites is 1. The molecule has 5 aromatic rings. The summed E-state index contributed by atoms with van der Waals surface area (Å²) in [5.74, 6) is -0.839. The second kappa shape index (κ2) is 11.6. The Morgan fingerprint density at radius 1 is 0.921 bits per heavy atom. The Morgan fingerprint density at radius 2 is 1.61 bits per heavy atom. The lowest BCUT2D eigenvalue weighted by Crippen LogP contribution is -2.43. The van der Waals surface area contributed by atoms with Crippen molar-refractivity contribution in [2.75, 3.05) is 0 Å². The molecule has 3 aromatic carbocycles. The van der Waals surface area contributed by atoms with Crippen molar-refractivity contribution in [2.45, 2.75) is 31.5 Å². The zero-order chi connectivity index (χ0) is 26.3. The average Bonchev–Trinajstić information content (AvgIpc) is 3.61. The Bertz CT molecular complexity index is 1510. The Morgan fingerprint density at radius 3 is 2.37 bits per heavy atom. The van der Waals surface area contributed by atoms with Crippen LogP contribution in [0, 0.1) is 0 Å². The van der Waals surface area contributed by atoms with Gasteiger partial charge in [0.15, 0.2) is 5.69 Å². The van der Waals surface area contributed by atoms with E-state index in [1.165, 1.54) is 6.26 Å². The first kappa shape index (κ1) is 25.0. The van der Waals surface area contributed by atoms with Gasteiger partial charge in [-0.15, -0.1) is 0 Å². The fraction of sp³-hybridized carbons (Fsp3) is 0.167. The molecule has 0 aliphatic rings. The van der Waals surface area contributed by atoms with E-state index in [0.717, 1.165) is 27.6 Å². The van der Waals surface area contributed by atoms with Crippen LogP contribution in [-0.4, -0.2) is 27.9 Å². The van der Waals surface area contributed by atoms with Crippen molar-refractivity contribution in [1.82, 2.24) is 15.3 Å². The number of nitrogens with two attached hydrogens (primary N) is 1. The van der Waals surface area contributed by atoms with E-state index in [1.807, 2.05) is 91.1 Å². The maximum atomic E-state index is 13.1. The van der Waals surface area contributed by atoms with Crippen molar-refractivity contribution in [3.63, 3.8) is 0 Å². The summed E-state index contributed by atoms with van der Waals surface area (Å²) < 4.78 is 11.1. The van der Waals surface area contributed by atoms with Gasteiger partial charge in [-0.2, -0.15) is 0 Å². The lowest BCUT2D eigenvalue weighted by Gasteiger charge is -2.17. The minimum absolute atomic E-state index is 0.0447. The monoisotopic (exact) mass is 508 g/mol. The molecule has 0 saturated carbocycles. The molecule has 2 unspecified atom stereocenters. The molecule has 8 heteroatoms. The van der Waals surface area contributed by atoms with Crippen molar-refractivity contribution < 1.29 is 18.7 Å². The fourth-order valence-corrected chi connectivity index (χ4v) is 4.29. The van der Waals surface area contributed by atoms with E-state index < -0.39 is 24.0 Å². The maximum absolute atomic E-state index is 13.1. The summed E-state index contributed by atoms with van der Waals surface area (Å²) in [4.78, 5) is 33.6. The smallest absolute Gasteiger partial charge is 0.329 e. The number of fused-ring (bicyclic) bond motifs is 1. The van der Waals surface area contributed by atoms with E-state index in [9.17, 15) is 9.59 Å². The van der Waals surface area contributed by atoms with Crippen LogP contribution in [0.2, 0.25) is 0 Å². The van der Waals surface area contributed by atoms with E-state index in [2.05, 4.69) is 15.3 Å². The predicted molar refractivity (Wildman–Crippen MR) is 143 cm³/mol. The second-order valence-electron chi connectivity index (χ2n) is 9.05. The summed E-state index contributed by atoms with van der Waals surface area (Å²) in [5.41, 5.74) is 10.2. The van der Waals surface area contributed by atoms with Gasteiger partial charge in [0.25, 0.3) is 5.91 Å². The summed E-state index contributed by atoms with van der Waals surface area (Å²) in [5, 5.41) is 3.83. The van der Waals surface area contributed by atoms with Gasteiger partial charge in [0, 0.05) is 23.5 Å². The van der Waals surface area contributed by atoms with Gasteiger partial charge >= 0.3 is 5.97 Å². The van der Waals surface area contributed by atoms with Crippen LogP contribution in [0.3, 0.4) is 0 Å². The van der Waals surface area contributed by atoms with E-state index >= 15 is 0 Å². The number of nitrogens with zero attached hydrogens (tertiary/aromatic N) is 1. The summed E-state index contributed by atoms with van der Waals surface area (Å²) in [7, 11) is 0. The number of hydrogen-bond acceptors (Lipinski definition) is 6. The highest BCUT2D eigenvalue weighted by molar-refractivity contribution is 5.95. The van der Waals surface area contributed by atoms with Crippen molar-refractivity contribution >= 4 is 22.8 Å². The van der Waals surface area contributed by atoms with Gasteiger partial charge < -0.3 is 25.2 Å². The lowest BCUT2D eigenvalue weighted by molar-refractivity contribution is -0.147. The van der Waals surface area contributed by atoms with Gasteiger partial charge in [-0.25, -0.2) is 9.78 Å². The minimum atomic E-state index is -0.909. The number of carbonyl (C=O) groups excluding carboxylic acids is 2. The molecule has 0 bridgehead atoms. The number of hydrogen-bond donors (Lipinski definition) is 3. The third kappa shape index (κ3) is 5.99. The molecule has 0 saturated heterocycles. The molecule has 8 nitrogen and oxygen atoms in total. The molecule has 4 N–H and O–H groups in total. The number of amides is 1. The second-order valence-corrected chi connectivity index (χ2v) is 9.05. The molecule has 0 aliphatic heterocycles. The van der Waals surface area contributed by atoms with Crippen LogP contribution in [0.5, 0.6) is 0 Å². The third-order valence-corrected chi connectivity index (χ3v) is 6.28. The van der Waals surface area contributed by atoms with Gasteiger partial charge in [0.2, 0.25) is 5.89 Å². The Kier molecular flexibility index (Phi) is 7.61. The fourth-order valence-electron chi connectivity index (χ4n) is 4.29. The molecule has 192 valence electrons. The minimum Gasteiger partial charge on any atom is -0.459 e. The van der Waals surface area contributed by atoms with Crippen LogP contribution in [-0.2, 0) is 29.0 Å². The van der Waals surface area contributed by atoms with Gasteiger partial charge in [0.1, 0.15) is 18.9 Å². The number of aromatic amines is 1. The number of carbonyl (C=O) groups is 2. The molecule has 0 aliphatic carbocycles. The predicted octanol–water partition coefficient (Wildman–Crippen LogP) is 4.48. The van der Waals surface area contributed by atoms with E-state index in [-0.39, 0.29) is 24.6 Å². The molecular weight excluding hydrogens is 480 g/mol. The average molecular weight is 509 g/mol. The van der Waals surface area contributed by atoms with Crippen LogP contribution in [0.4, 0.5) is 0 Å². The molecule has 0 radical (unpaired) electrons. The highest BCUT2D eigenvalue weighted by atomic mass is 16.5. The number of esters is 1. The van der Waals surface area contributed by atoms with Crippen LogP contribution in [0.1, 0.15) is 39.1 Å². The first-order valence-electron chi connectivity index (χ1n) is 12.4. The summed E-state index contributed by atoms with van der Waals surface area (Å²) in [6.45, 7) is 0.109. The zero-order valence-electron chi connectivity index (χ0n) is 20.7. The van der Waals surface area contributed by atoms with Crippen molar-refractivity contribution in [1.29, 1.82) is 0 Å². The van der Waals surface area contributed by atoms with Gasteiger partial charge in [-0.1, -0.05) is 78.9 Å². The molecule has 1 amide bonds. The Balaban J connectivity index is 1.26. The van der Waals surface area contributed by atoms with Crippen LogP contribution < -0.4 is 11.1 Å². The number of oxazole rings is 1. The highest BCUT2D eigenvalue weighted by Gasteiger charge is 2.26. The van der Waals surface area contributed by atoms with E-state index in [1.54, 1.807) is 0 Å². The van der Waals surface area contributed by atoms with Crippen molar-refractivity contribution in [2.24, 2.45) is 5.73 Å². The first-order valence-corrected chi connectivity index (χ1v) is 12.4. The van der Waals surface area contributed by atoms with Crippen LogP contribution >= 0.6 is 0 Å². The summed E-state index contributed by atoms with van der Waals surface area (Å²) >= 11 is 0. The molecule has 2 aromatic heterocycles. The molecule has 2 heterocycles. The third-order valence-electron chi connectivity index (χ3n) is 6.28. The zero-order valence-corrected chi connectivity index (χ0v) is 20.7. The highest BCUT2D eigenvalue weighted by Crippen LogP contribution is 2.23. The SMILES string of the molecule is NC(Cc1c[nH]c2ccccc12)c1nc(C(=O)NC(Cc2ccccc2)C(=O)OCc2ccccc2)co1. The standard InChI is InChI=1S/C30H28N4O4/c31-24(16-22-17-32-25-14-8-7-13-23(22)25)29-34-27(19-37-29)28(35)33-26(15-20-9-3-1-4-10-20)30(36)38-18-21-11-5-2-6-12-21/h1-14,17,19,24,26,32H,15-16,18,31H2,(H,33,35). The Hall–Kier alpha value is -4.69. The molecule has 38 heavy (non-hydrogen) atoms. The van der Waals surface area contributed by atoms with Gasteiger partial charge in [-0.3, -0.25) is 4.79 Å². The molecule has 5 rings (SSSR count). The number of benzene rings is 3. The van der Waals surface area contributed by atoms with E-state index in [0.29, 0.717) is 6.42 Å². The van der Waals surface area contributed by atoms with Gasteiger partial charge in [0.05, 0.1) is 6.04 Å². The molecular formula is C30H28N4O4. The quantitative estimate of drug-likeness (QED) is 0.239. The first-order chi connectivity index (χ1) is 18.6. The number of ether oxygens (including phenoxy) is 1. The molecule has 0 fully saturated rings.